The van der Waals surface area contributed by atoms with Gasteiger partial charge in [0.15, 0.2) is 0 Å². The first-order valence-electron chi connectivity index (χ1n) is 6.59. The standard InChI is InChI=1S/C12H19N5O/c13-8-7-14-16-11(8)12(18)15-9-4-6-17-5-2-1-3-10(9)17/h7,9-10H,1-6,13H2,(H,14,16)(H,15,18). The Morgan fingerprint density at radius 1 is 1.44 bits per heavy atom. The first kappa shape index (κ1) is 11.5. The summed E-state index contributed by atoms with van der Waals surface area (Å²) in [5, 5.41) is 9.52. The molecule has 6 heteroatoms. The van der Waals surface area contributed by atoms with Crippen molar-refractivity contribution in [2.75, 3.05) is 18.8 Å². The van der Waals surface area contributed by atoms with Gasteiger partial charge in [-0.2, -0.15) is 5.10 Å². The zero-order valence-corrected chi connectivity index (χ0v) is 10.4. The molecule has 2 unspecified atom stereocenters. The van der Waals surface area contributed by atoms with Crippen molar-refractivity contribution in [3.63, 3.8) is 0 Å². The number of H-pyrrole nitrogens is 1. The SMILES string of the molecule is Nc1cn[nH]c1C(=O)NC1CCN2CCCCC12. The van der Waals surface area contributed by atoms with E-state index in [2.05, 4.69) is 20.4 Å². The number of hydrogen-bond acceptors (Lipinski definition) is 4. The van der Waals surface area contributed by atoms with E-state index in [1.54, 1.807) is 0 Å². The van der Waals surface area contributed by atoms with Gasteiger partial charge in [-0.3, -0.25) is 14.8 Å². The number of aromatic amines is 1. The van der Waals surface area contributed by atoms with Crippen molar-refractivity contribution < 1.29 is 4.79 Å². The lowest BCUT2D eigenvalue weighted by Crippen LogP contribution is -2.46. The Hall–Kier alpha value is -1.56. The molecule has 2 atom stereocenters. The lowest BCUT2D eigenvalue weighted by Gasteiger charge is -2.32. The van der Waals surface area contributed by atoms with Gasteiger partial charge in [0.05, 0.1) is 11.9 Å². The lowest BCUT2D eigenvalue weighted by molar-refractivity contribution is 0.0911. The molecule has 0 aromatic carbocycles. The number of amides is 1. The van der Waals surface area contributed by atoms with Gasteiger partial charge in [-0.05, 0) is 25.8 Å². The Kier molecular flexibility index (Phi) is 2.95. The van der Waals surface area contributed by atoms with E-state index in [1.807, 2.05) is 0 Å². The van der Waals surface area contributed by atoms with Gasteiger partial charge in [-0.1, -0.05) is 6.42 Å². The van der Waals surface area contributed by atoms with Crippen LogP contribution in [0.15, 0.2) is 6.20 Å². The minimum atomic E-state index is -0.137. The Labute approximate surface area is 106 Å². The molecule has 2 aliphatic heterocycles. The predicted molar refractivity (Wildman–Crippen MR) is 68.1 cm³/mol. The fourth-order valence-electron chi connectivity index (χ4n) is 3.13. The number of piperidine rings is 1. The number of carbonyl (C=O) groups excluding carboxylic acids is 1. The van der Waals surface area contributed by atoms with Crippen molar-refractivity contribution in [3.8, 4) is 0 Å². The molecule has 3 heterocycles. The van der Waals surface area contributed by atoms with Crippen molar-refractivity contribution in [1.29, 1.82) is 0 Å². The highest BCUT2D eigenvalue weighted by Crippen LogP contribution is 2.27. The molecular weight excluding hydrogens is 230 g/mol. The molecule has 4 N–H and O–H groups in total. The topological polar surface area (TPSA) is 87.0 Å². The maximum Gasteiger partial charge on any atom is 0.271 e. The second kappa shape index (κ2) is 4.61. The summed E-state index contributed by atoms with van der Waals surface area (Å²) in [6.45, 7) is 2.26. The van der Waals surface area contributed by atoms with Crippen LogP contribution in [0.4, 0.5) is 5.69 Å². The van der Waals surface area contributed by atoms with Crippen molar-refractivity contribution >= 4 is 11.6 Å². The summed E-state index contributed by atoms with van der Waals surface area (Å²) in [6.07, 6.45) is 6.23. The maximum atomic E-state index is 12.1. The molecule has 0 spiro atoms. The highest BCUT2D eigenvalue weighted by atomic mass is 16.2. The molecule has 0 bridgehead atoms. The summed E-state index contributed by atoms with van der Waals surface area (Å²) in [4.78, 5) is 14.6. The zero-order chi connectivity index (χ0) is 12.5. The predicted octanol–water partition coefficient (Wildman–Crippen LogP) is 0.348. The van der Waals surface area contributed by atoms with Gasteiger partial charge in [-0.25, -0.2) is 0 Å². The minimum absolute atomic E-state index is 0.137. The van der Waals surface area contributed by atoms with Gasteiger partial charge in [-0.15, -0.1) is 0 Å². The fraction of sp³-hybridized carbons (Fsp3) is 0.667. The fourth-order valence-corrected chi connectivity index (χ4v) is 3.13. The van der Waals surface area contributed by atoms with E-state index in [9.17, 15) is 4.79 Å². The summed E-state index contributed by atoms with van der Waals surface area (Å²) in [5.74, 6) is -0.137. The molecule has 1 aromatic heterocycles. The number of rotatable bonds is 2. The molecule has 6 nitrogen and oxygen atoms in total. The molecule has 0 aliphatic carbocycles. The normalized spacial score (nSPS) is 28.0. The summed E-state index contributed by atoms with van der Waals surface area (Å²) in [5.41, 5.74) is 6.47. The number of fused-ring (bicyclic) bond motifs is 1. The van der Waals surface area contributed by atoms with E-state index < -0.39 is 0 Å². The Morgan fingerprint density at radius 2 is 2.33 bits per heavy atom. The van der Waals surface area contributed by atoms with Crippen molar-refractivity contribution in [3.05, 3.63) is 11.9 Å². The average molecular weight is 249 g/mol. The number of aromatic nitrogens is 2. The van der Waals surface area contributed by atoms with E-state index in [0.29, 0.717) is 17.4 Å². The summed E-state index contributed by atoms with van der Waals surface area (Å²) >= 11 is 0. The number of nitrogens with one attached hydrogen (secondary N) is 2. The van der Waals surface area contributed by atoms with Gasteiger partial charge in [0, 0.05) is 18.6 Å². The number of nitrogens with two attached hydrogens (primary N) is 1. The second-order valence-corrected chi connectivity index (χ2v) is 5.17. The molecular formula is C12H19N5O. The first-order chi connectivity index (χ1) is 8.75. The van der Waals surface area contributed by atoms with E-state index >= 15 is 0 Å². The number of carbonyl (C=O) groups is 1. The smallest absolute Gasteiger partial charge is 0.271 e. The van der Waals surface area contributed by atoms with Gasteiger partial charge in [0.2, 0.25) is 0 Å². The van der Waals surface area contributed by atoms with Crippen molar-refractivity contribution in [2.45, 2.75) is 37.8 Å². The van der Waals surface area contributed by atoms with Crippen LogP contribution in [0, 0.1) is 0 Å². The Morgan fingerprint density at radius 3 is 3.11 bits per heavy atom. The number of nitrogen functional groups attached to an aromatic ring is 1. The molecule has 1 aromatic rings. The molecule has 2 fully saturated rings. The highest BCUT2D eigenvalue weighted by molar-refractivity contribution is 5.97. The number of anilines is 1. The van der Waals surface area contributed by atoms with Crippen LogP contribution < -0.4 is 11.1 Å². The average Bonchev–Trinajstić information content (AvgIpc) is 2.97. The van der Waals surface area contributed by atoms with E-state index in [0.717, 1.165) is 13.0 Å². The number of nitrogens with zero attached hydrogens (tertiary/aromatic N) is 2. The molecule has 2 aliphatic rings. The second-order valence-electron chi connectivity index (χ2n) is 5.17. The number of hydrogen-bond donors (Lipinski definition) is 3. The van der Waals surface area contributed by atoms with E-state index in [1.165, 1.54) is 32.0 Å². The third kappa shape index (κ3) is 1.96. The summed E-state index contributed by atoms with van der Waals surface area (Å²) in [7, 11) is 0. The molecule has 98 valence electrons. The summed E-state index contributed by atoms with van der Waals surface area (Å²) < 4.78 is 0. The molecule has 0 radical (unpaired) electrons. The maximum absolute atomic E-state index is 12.1. The van der Waals surface area contributed by atoms with Crippen LogP contribution in [0.25, 0.3) is 0 Å². The van der Waals surface area contributed by atoms with E-state index in [-0.39, 0.29) is 11.9 Å². The monoisotopic (exact) mass is 249 g/mol. The zero-order valence-electron chi connectivity index (χ0n) is 10.4. The molecule has 2 saturated heterocycles. The third-order valence-corrected chi connectivity index (χ3v) is 4.07. The summed E-state index contributed by atoms with van der Waals surface area (Å²) in [6, 6.07) is 0.757. The van der Waals surface area contributed by atoms with Crippen LogP contribution in [0.2, 0.25) is 0 Å². The highest BCUT2D eigenvalue weighted by Gasteiger charge is 2.36. The molecule has 1 amide bonds. The van der Waals surface area contributed by atoms with E-state index in [4.69, 9.17) is 5.73 Å². The van der Waals surface area contributed by atoms with Crippen molar-refractivity contribution in [1.82, 2.24) is 20.4 Å². The van der Waals surface area contributed by atoms with Crippen LogP contribution in [-0.4, -0.2) is 46.2 Å². The van der Waals surface area contributed by atoms with Gasteiger partial charge in [0.25, 0.3) is 5.91 Å². The van der Waals surface area contributed by atoms with Gasteiger partial charge < -0.3 is 11.1 Å². The third-order valence-electron chi connectivity index (χ3n) is 4.07. The molecule has 3 rings (SSSR count). The Bertz CT molecular complexity index is 443. The quantitative estimate of drug-likeness (QED) is 0.705. The van der Waals surface area contributed by atoms with Crippen LogP contribution >= 0.6 is 0 Å². The van der Waals surface area contributed by atoms with Crippen LogP contribution in [0.3, 0.4) is 0 Å². The minimum Gasteiger partial charge on any atom is -0.396 e. The molecule has 0 saturated carbocycles. The molecule has 18 heavy (non-hydrogen) atoms. The lowest BCUT2D eigenvalue weighted by atomic mass is 9.99. The van der Waals surface area contributed by atoms with Gasteiger partial charge in [0.1, 0.15) is 5.69 Å². The van der Waals surface area contributed by atoms with Crippen molar-refractivity contribution in [2.24, 2.45) is 0 Å². The van der Waals surface area contributed by atoms with Crippen LogP contribution in [0.1, 0.15) is 36.2 Å². The first-order valence-corrected chi connectivity index (χ1v) is 6.59. The van der Waals surface area contributed by atoms with Crippen LogP contribution in [0.5, 0.6) is 0 Å². The Balaban J connectivity index is 1.66. The van der Waals surface area contributed by atoms with Crippen LogP contribution in [-0.2, 0) is 0 Å². The largest absolute Gasteiger partial charge is 0.396 e. The van der Waals surface area contributed by atoms with Gasteiger partial charge >= 0.3 is 0 Å².